The second-order valence-corrected chi connectivity index (χ2v) is 16.5. The highest BCUT2D eigenvalue weighted by Crippen LogP contribution is 2.48. The number of alkyl halides is 4. The number of nitrogen functional groups attached to an aromatic ring is 1. The minimum absolute atomic E-state index is 0.0299. The quantitative estimate of drug-likeness (QED) is 0.157. The monoisotopic (exact) mass is 800 g/mol. The predicted octanol–water partition coefficient (Wildman–Crippen LogP) is 7.72. The number of amides is 1. The van der Waals surface area contributed by atoms with Crippen LogP contribution in [0.1, 0.15) is 58.4 Å². The molecule has 3 atom stereocenters. The summed E-state index contributed by atoms with van der Waals surface area (Å²) in [6.45, 7) is 5.22. The summed E-state index contributed by atoms with van der Waals surface area (Å²) < 4.78 is 98.4. The second kappa shape index (κ2) is 13.8. The second-order valence-electron chi connectivity index (χ2n) is 14.2. The zero-order chi connectivity index (χ0) is 39.0. The molecular weight excluding hydrogens is 767 g/mol. The Morgan fingerprint density at radius 3 is 2.71 bits per heavy atom. The molecule has 0 spiro atoms. The third-order valence-corrected chi connectivity index (χ3v) is 12.9. The molecule has 0 radical (unpaired) electrons. The highest BCUT2D eigenvalue weighted by molar-refractivity contribution is 7.23. The number of nitriles is 1. The lowest BCUT2D eigenvalue weighted by atomic mass is 9.92. The van der Waals surface area contributed by atoms with Gasteiger partial charge in [0.25, 0.3) is 5.91 Å². The Bertz CT molecular complexity index is 2400. The van der Waals surface area contributed by atoms with Crippen LogP contribution in [0.4, 0.5) is 37.2 Å². The van der Waals surface area contributed by atoms with Gasteiger partial charge in [0.2, 0.25) is 0 Å². The summed E-state index contributed by atoms with van der Waals surface area (Å²) in [6, 6.07) is 3.76. The smallest absolute Gasteiger partial charge is 0.417 e. The maximum absolute atomic E-state index is 17.3. The minimum Gasteiger partial charge on any atom is -0.461 e. The van der Waals surface area contributed by atoms with Crippen LogP contribution in [0.5, 0.6) is 6.01 Å². The molecule has 10 nitrogen and oxygen atoms in total. The molecule has 0 saturated carbocycles. The van der Waals surface area contributed by atoms with Crippen LogP contribution in [0.3, 0.4) is 0 Å². The number of nitrogens with two attached hydrogens (primary N) is 1. The first-order valence-corrected chi connectivity index (χ1v) is 19.4. The molecule has 0 aliphatic carbocycles. The molecular formula is C37H34F6N8O2S2. The van der Waals surface area contributed by atoms with Gasteiger partial charge < -0.3 is 20.3 Å². The molecule has 6 heterocycles. The first-order chi connectivity index (χ1) is 26.2. The number of aryl methyl sites for hydroxylation is 1. The van der Waals surface area contributed by atoms with Gasteiger partial charge in [-0.15, -0.1) is 22.7 Å². The number of thiazole rings is 1. The molecule has 288 valence electrons. The molecule has 5 aromatic rings. The fraction of sp³-hybridized carbons (Fsp3) is 0.432. The molecule has 55 heavy (non-hydrogen) atoms. The summed E-state index contributed by atoms with van der Waals surface area (Å²) in [5.41, 5.74) is 1.87. The summed E-state index contributed by atoms with van der Waals surface area (Å²) in [5.74, 6) is -2.48. The Labute approximate surface area is 319 Å². The van der Waals surface area contributed by atoms with Gasteiger partial charge in [0.15, 0.2) is 5.82 Å². The summed E-state index contributed by atoms with van der Waals surface area (Å²) in [5, 5.41) is 9.98. The van der Waals surface area contributed by atoms with Gasteiger partial charge in [0.1, 0.15) is 45.9 Å². The van der Waals surface area contributed by atoms with Gasteiger partial charge in [0, 0.05) is 55.0 Å². The molecule has 8 rings (SSSR count). The van der Waals surface area contributed by atoms with Crippen LogP contribution >= 0.6 is 22.7 Å². The lowest BCUT2D eigenvalue weighted by Crippen LogP contribution is -2.43. The van der Waals surface area contributed by atoms with E-state index in [2.05, 4.69) is 15.0 Å². The largest absolute Gasteiger partial charge is 0.461 e. The minimum atomic E-state index is -5.14. The van der Waals surface area contributed by atoms with Gasteiger partial charge in [-0.1, -0.05) is 6.07 Å². The van der Waals surface area contributed by atoms with Crippen molar-refractivity contribution in [2.75, 3.05) is 50.0 Å². The number of anilines is 2. The van der Waals surface area contributed by atoms with E-state index >= 15 is 22.0 Å². The molecule has 3 fully saturated rings. The van der Waals surface area contributed by atoms with Crippen LogP contribution in [0, 0.1) is 29.9 Å². The first-order valence-electron chi connectivity index (χ1n) is 17.8. The SMILES string of the molecule is CCN(c1nc(OCC23CCCN2CC(F)C3)nc2c(F)c(-c3ccc(F)c4sc(N)c(C#N)c34)c(C(F)(F)F)cc12)C1CCN(C(=O)c2cnc(C)s2)C1. The van der Waals surface area contributed by atoms with Gasteiger partial charge in [-0.2, -0.15) is 28.4 Å². The number of likely N-dealkylation sites (N-methyl/N-ethyl adjacent to an activating group) is 1. The molecule has 18 heteroatoms. The Balaban J connectivity index is 1.30. The Kier molecular flexibility index (Phi) is 9.32. The van der Waals surface area contributed by atoms with Crippen molar-refractivity contribution in [3.63, 3.8) is 0 Å². The van der Waals surface area contributed by atoms with Crippen molar-refractivity contribution in [1.29, 1.82) is 5.26 Å². The van der Waals surface area contributed by atoms with Gasteiger partial charge in [-0.3, -0.25) is 9.69 Å². The third-order valence-electron chi connectivity index (χ3n) is 11.0. The zero-order valence-corrected chi connectivity index (χ0v) is 31.3. The number of carbonyl (C=O) groups excluding carboxylic acids is 1. The van der Waals surface area contributed by atoms with Crippen molar-refractivity contribution < 1.29 is 35.9 Å². The molecule has 2 N–H and O–H groups in total. The summed E-state index contributed by atoms with van der Waals surface area (Å²) in [7, 11) is 0. The molecule has 1 amide bonds. The first kappa shape index (κ1) is 37.2. The Hall–Kier alpha value is -4.73. The van der Waals surface area contributed by atoms with E-state index in [9.17, 15) is 14.4 Å². The molecule has 3 aromatic heterocycles. The number of rotatable bonds is 8. The molecule has 3 saturated heterocycles. The van der Waals surface area contributed by atoms with Crippen LogP contribution in [-0.2, 0) is 6.18 Å². The van der Waals surface area contributed by atoms with E-state index in [1.54, 1.807) is 23.6 Å². The topological polar surface area (TPSA) is 125 Å². The van der Waals surface area contributed by atoms with E-state index < -0.39 is 52.2 Å². The average molecular weight is 801 g/mol. The predicted molar refractivity (Wildman–Crippen MR) is 197 cm³/mol. The van der Waals surface area contributed by atoms with Crippen molar-refractivity contribution in [3.8, 4) is 23.2 Å². The normalized spacial score (nSPS) is 21.5. The number of halogens is 6. The fourth-order valence-electron chi connectivity index (χ4n) is 8.50. The maximum Gasteiger partial charge on any atom is 0.417 e. The molecule has 3 aliphatic rings. The zero-order valence-electron chi connectivity index (χ0n) is 29.6. The number of ether oxygens (including phenoxy) is 1. The molecule has 0 bridgehead atoms. The number of hydrogen-bond acceptors (Lipinski definition) is 11. The van der Waals surface area contributed by atoms with Crippen molar-refractivity contribution >= 4 is 60.4 Å². The van der Waals surface area contributed by atoms with E-state index in [0.717, 1.165) is 29.6 Å². The third kappa shape index (κ3) is 6.29. The Morgan fingerprint density at radius 1 is 1.20 bits per heavy atom. The standard InChI is InChI=1S/C37H34F6N8O2S2/c1-3-51(20-7-10-49(16-20)34(52)26-14-46-18(2)54-26)33-22-11-24(37(41,42)43)28(21-5-6-25(39)31-27(21)23(13-44)32(45)55-31)29(40)30(22)47-35(48-33)53-17-36-8-4-9-50(36)15-19(38)12-36/h5-6,11,14,19-20H,3-4,7-10,12,15-17,45H2,1-2H3. The summed E-state index contributed by atoms with van der Waals surface area (Å²) >= 11 is 1.93. The van der Waals surface area contributed by atoms with Crippen LogP contribution in [0.25, 0.3) is 32.1 Å². The maximum atomic E-state index is 17.3. The van der Waals surface area contributed by atoms with Crippen LogP contribution in [-0.4, -0.2) is 87.7 Å². The van der Waals surface area contributed by atoms with Gasteiger partial charge in [-0.25, -0.2) is 18.2 Å². The highest BCUT2D eigenvalue weighted by atomic mass is 32.1. The van der Waals surface area contributed by atoms with Gasteiger partial charge >= 0.3 is 12.2 Å². The van der Waals surface area contributed by atoms with E-state index in [4.69, 9.17) is 10.5 Å². The highest BCUT2D eigenvalue weighted by Gasteiger charge is 2.49. The number of hydrogen-bond donors (Lipinski definition) is 1. The van der Waals surface area contributed by atoms with E-state index in [0.29, 0.717) is 42.1 Å². The number of aromatic nitrogens is 3. The summed E-state index contributed by atoms with van der Waals surface area (Å²) in [6.07, 6.45) is -2.56. The van der Waals surface area contributed by atoms with Crippen molar-refractivity contribution in [1.82, 2.24) is 24.8 Å². The fourth-order valence-corrected chi connectivity index (χ4v) is 10.2. The Morgan fingerprint density at radius 2 is 2.00 bits per heavy atom. The van der Waals surface area contributed by atoms with E-state index in [1.165, 1.54) is 17.5 Å². The number of thiophene rings is 1. The molecule has 3 aliphatic heterocycles. The lowest BCUT2D eigenvalue weighted by molar-refractivity contribution is -0.137. The number of nitrogens with zero attached hydrogens (tertiary/aromatic N) is 7. The van der Waals surface area contributed by atoms with Crippen LogP contribution < -0.4 is 15.4 Å². The number of fused-ring (bicyclic) bond motifs is 3. The van der Waals surface area contributed by atoms with E-state index in [1.807, 2.05) is 11.0 Å². The molecule has 2 aromatic carbocycles. The molecule has 3 unspecified atom stereocenters. The lowest BCUT2D eigenvalue weighted by Gasteiger charge is -2.32. The van der Waals surface area contributed by atoms with Crippen LogP contribution in [0.15, 0.2) is 24.4 Å². The van der Waals surface area contributed by atoms with Crippen LogP contribution in [0.2, 0.25) is 0 Å². The summed E-state index contributed by atoms with van der Waals surface area (Å²) in [4.78, 5) is 32.3. The van der Waals surface area contributed by atoms with Crippen molar-refractivity contribution in [2.24, 2.45) is 0 Å². The van der Waals surface area contributed by atoms with Crippen molar-refractivity contribution in [2.45, 2.75) is 63.5 Å². The average Bonchev–Trinajstić information content (AvgIpc) is 3.97. The van der Waals surface area contributed by atoms with Crippen molar-refractivity contribution in [3.05, 3.63) is 57.0 Å². The van der Waals surface area contributed by atoms with Gasteiger partial charge in [0.05, 0.1) is 32.6 Å². The number of benzene rings is 2. The van der Waals surface area contributed by atoms with Gasteiger partial charge in [-0.05, 0) is 57.4 Å². The number of likely N-dealkylation sites (tertiary alicyclic amines) is 1. The van der Waals surface area contributed by atoms with E-state index in [-0.39, 0.29) is 82.0 Å². The number of carbonyl (C=O) groups is 1.